The first kappa shape index (κ1) is 16.6. The fraction of sp³-hybridized carbons (Fsp3) is 0.562. The minimum Gasteiger partial charge on any atom is -0.393 e. The van der Waals surface area contributed by atoms with E-state index in [0.717, 1.165) is 5.56 Å². The van der Waals surface area contributed by atoms with E-state index in [1.54, 1.807) is 13.8 Å². The number of halogens is 2. The van der Waals surface area contributed by atoms with E-state index in [0.29, 0.717) is 19.4 Å². The van der Waals surface area contributed by atoms with Gasteiger partial charge in [-0.15, -0.1) is 23.2 Å². The molecule has 1 saturated carbocycles. The number of rotatable bonds is 6. The van der Waals surface area contributed by atoms with Crippen molar-refractivity contribution in [3.63, 3.8) is 0 Å². The second kappa shape index (κ2) is 6.15. The zero-order valence-corrected chi connectivity index (χ0v) is 13.8. The lowest BCUT2D eigenvalue weighted by Crippen LogP contribution is -2.36. The Hall–Kier alpha value is -0.770. The largest absolute Gasteiger partial charge is 0.393 e. The summed E-state index contributed by atoms with van der Waals surface area (Å²) >= 11 is 12.0. The van der Waals surface area contributed by atoms with Crippen molar-refractivity contribution in [3.05, 3.63) is 35.9 Å². The van der Waals surface area contributed by atoms with Gasteiger partial charge in [0.15, 0.2) is 0 Å². The zero-order valence-electron chi connectivity index (χ0n) is 12.3. The number of carbonyl (C=O) groups excluding carboxylic acids is 1. The van der Waals surface area contributed by atoms with Gasteiger partial charge in [-0.3, -0.25) is 4.79 Å². The van der Waals surface area contributed by atoms with Crippen molar-refractivity contribution in [1.82, 2.24) is 5.32 Å². The zero-order chi connectivity index (χ0) is 15.7. The summed E-state index contributed by atoms with van der Waals surface area (Å²) in [6, 6.07) is 9.87. The van der Waals surface area contributed by atoms with Crippen molar-refractivity contribution in [3.8, 4) is 0 Å². The molecule has 3 atom stereocenters. The molecule has 1 aliphatic rings. The maximum Gasteiger partial charge on any atom is 0.229 e. The summed E-state index contributed by atoms with van der Waals surface area (Å²) in [7, 11) is 0. The van der Waals surface area contributed by atoms with Gasteiger partial charge >= 0.3 is 0 Å². The van der Waals surface area contributed by atoms with Crippen molar-refractivity contribution < 1.29 is 9.90 Å². The van der Waals surface area contributed by atoms with Gasteiger partial charge in [-0.1, -0.05) is 30.3 Å². The van der Waals surface area contributed by atoms with Crippen LogP contribution in [0.4, 0.5) is 0 Å². The van der Waals surface area contributed by atoms with Gasteiger partial charge < -0.3 is 10.4 Å². The second-order valence-corrected chi connectivity index (χ2v) is 7.60. The summed E-state index contributed by atoms with van der Waals surface area (Å²) < 4.78 is -0.955. The summed E-state index contributed by atoms with van der Waals surface area (Å²) in [5.41, 5.74) is 0.394. The molecule has 1 aromatic carbocycles. The molecule has 0 aromatic heterocycles. The number of hydrogen-bond donors (Lipinski definition) is 2. The van der Waals surface area contributed by atoms with Crippen LogP contribution >= 0.6 is 23.2 Å². The molecule has 3 nitrogen and oxygen atoms in total. The quantitative estimate of drug-likeness (QED) is 0.787. The highest BCUT2D eigenvalue weighted by Gasteiger charge is 2.67. The van der Waals surface area contributed by atoms with E-state index < -0.39 is 15.9 Å². The molecule has 1 aromatic rings. The van der Waals surface area contributed by atoms with Crippen molar-refractivity contribution in [2.75, 3.05) is 6.54 Å². The van der Waals surface area contributed by atoms with Gasteiger partial charge in [-0.2, -0.15) is 0 Å². The number of aliphatic hydroxyl groups is 1. The van der Waals surface area contributed by atoms with E-state index in [1.165, 1.54) is 0 Å². The standard InChI is InChI=1S/C16H21Cl2NO2/c1-11(20)8-13(12-6-4-3-5-7-12)9-19-14(21)15(2)10-16(15,17)18/h3-7,11,13,20H,8-10H2,1-2H3,(H,19,21). The summed E-state index contributed by atoms with van der Waals surface area (Å²) in [5, 5.41) is 12.6. The van der Waals surface area contributed by atoms with Crippen LogP contribution in [-0.4, -0.2) is 28.0 Å². The van der Waals surface area contributed by atoms with E-state index in [4.69, 9.17) is 23.2 Å². The molecular weight excluding hydrogens is 309 g/mol. The number of alkyl halides is 2. The maximum atomic E-state index is 12.2. The van der Waals surface area contributed by atoms with Crippen LogP contribution in [0, 0.1) is 5.41 Å². The lowest BCUT2D eigenvalue weighted by atomic mass is 9.93. The van der Waals surface area contributed by atoms with Crippen LogP contribution in [-0.2, 0) is 4.79 Å². The number of aliphatic hydroxyl groups excluding tert-OH is 1. The first-order valence-electron chi connectivity index (χ1n) is 7.15. The van der Waals surface area contributed by atoms with Crippen molar-refractivity contribution in [2.24, 2.45) is 5.41 Å². The number of benzene rings is 1. The van der Waals surface area contributed by atoms with Gasteiger partial charge in [0, 0.05) is 12.5 Å². The Kier molecular flexibility index (Phi) is 4.86. The highest BCUT2D eigenvalue weighted by Crippen LogP contribution is 2.63. The van der Waals surface area contributed by atoms with Crippen LogP contribution < -0.4 is 5.32 Å². The number of nitrogens with one attached hydrogen (secondary N) is 1. The summed E-state index contributed by atoms with van der Waals surface area (Å²) in [5.74, 6) is -0.0587. The van der Waals surface area contributed by atoms with Crippen molar-refractivity contribution in [2.45, 2.75) is 43.0 Å². The number of hydrogen-bond acceptors (Lipinski definition) is 2. The van der Waals surface area contributed by atoms with Crippen LogP contribution in [0.25, 0.3) is 0 Å². The molecule has 2 rings (SSSR count). The van der Waals surface area contributed by atoms with Gasteiger partial charge in [-0.05, 0) is 32.3 Å². The highest BCUT2D eigenvalue weighted by molar-refractivity contribution is 6.53. The SMILES string of the molecule is CC(O)CC(CNC(=O)C1(C)CC1(Cl)Cl)c1ccccc1. The third-order valence-electron chi connectivity index (χ3n) is 4.16. The monoisotopic (exact) mass is 329 g/mol. The summed E-state index contributed by atoms with van der Waals surface area (Å²) in [4.78, 5) is 12.2. The fourth-order valence-corrected chi connectivity index (χ4v) is 3.24. The Morgan fingerprint density at radius 2 is 1.95 bits per heavy atom. The summed E-state index contributed by atoms with van der Waals surface area (Å²) in [6.45, 7) is 3.99. The molecule has 0 radical (unpaired) electrons. The van der Waals surface area contributed by atoms with Crippen LogP contribution in [0.2, 0.25) is 0 Å². The van der Waals surface area contributed by atoms with Crippen LogP contribution in [0.5, 0.6) is 0 Å². The average molecular weight is 330 g/mol. The summed E-state index contributed by atoms with van der Waals surface area (Å²) in [6.07, 6.45) is 0.638. The lowest BCUT2D eigenvalue weighted by molar-refractivity contribution is -0.125. The lowest BCUT2D eigenvalue weighted by Gasteiger charge is -2.21. The molecule has 1 amide bonds. The molecule has 3 unspecified atom stereocenters. The molecule has 0 aliphatic heterocycles. The predicted octanol–water partition coefficient (Wildman–Crippen LogP) is 3.24. The van der Waals surface area contributed by atoms with Gasteiger partial charge in [-0.25, -0.2) is 0 Å². The first-order chi connectivity index (χ1) is 9.76. The topological polar surface area (TPSA) is 49.3 Å². The Morgan fingerprint density at radius 3 is 2.43 bits per heavy atom. The second-order valence-electron chi connectivity index (χ2n) is 6.12. The number of carbonyl (C=O) groups is 1. The molecule has 0 bridgehead atoms. The Morgan fingerprint density at radius 1 is 1.38 bits per heavy atom. The first-order valence-corrected chi connectivity index (χ1v) is 7.91. The minimum absolute atomic E-state index is 0.0672. The van der Waals surface area contributed by atoms with E-state index in [9.17, 15) is 9.90 Å². The Labute approximate surface area is 135 Å². The van der Waals surface area contributed by atoms with E-state index in [-0.39, 0.29) is 11.8 Å². The fourth-order valence-electron chi connectivity index (χ4n) is 2.53. The smallest absolute Gasteiger partial charge is 0.229 e. The van der Waals surface area contributed by atoms with Crippen molar-refractivity contribution in [1.29, 1.82) is 0 Å². The molecule has 0 spiro atoms. The maximum absolute atomic E-state index is 12.2. The van der Waals surface area contributed by atoms with Gasteiger partial charge in [0.05, 0.1) is 11.5 Å². The molecule has 0 saturated heterocycles. The third kappa shape index (κ3) is 3.71. The molecule has 1 aliphatic carbocycles. The molecule has 0 heterocycles. The molecule has 116 valence electrons. The predicted molar refractivity (Wildman–Crippen MR) is 85.7 cm³/mol. The highest BCUT2D eigenvalue weighted by atomic mass is 35.5. The van der Waals surface area contributed by atoms with Crippen LogP contribution in [0.15, 0.2) is 30.3 Å². The van der Waals surface area contributed by atoms with Crippen LogP contribution in [0.3, 0.4) is 0 Å². The molecule has 1 fully saturated rings. The van der Waals surface area contributed by atoms with E-state index in [2.05, 4.69) is 5.32 Å². The molecule has 2 N–H and O–H groups in total. The minimum atomic E-state index is -0.955. The van der Waals surface area contributed by atoms with E-state index >= 15 is 0 Å². The normalized spacial score (nSPS) is 26.0. The van der Waals surface area contributed by atoms with Gasteiger partial charge in [0.2, 0.25) is 5.91 Å². The molecule has 21 heavy (non-hydrogen) atoms. The molecule has 5 heteroatoms. The van der Waals surface area contributed by atoms with Crippen LogP contribution in [0.1, 0.15) is 38.2 Å². The van der Waals surface area contributed by atoms with Gasteiger partial charge in [0.1, 0.15) is 4.33 Å². The van der Waals surface area contributed by atoms with Gasteiger partial charge in [0.25, 0.3) is 0 Å². The van der Waals surface area contributed by atoms with E-state index in [1.807, 2.05) is 30.3 Å². The Bertz CT molecular complexity index is 504. The third-order valence-corrected chi connectivity index (χ3v) is 5.27. The molecular formula is C16H21Cl2NO2. The average Bonchev–Trinajstić information content (AvgIpc) is 2.95. The number of amides is 1. The van der Waals surface area contributed by atoms with Crippen molar-refractivity contribution >= 4 is 29.1 Å². The Balaban J connectivity index is 1.99.